The molecule has 2 atom stereocenters. The number of rotatable bonds is 4. The van der Waals surface area contributed by atoms with E-state index >= 15 is 0 Å². The summed E-state index contributed by atoms with van der Waals surface area (Å²) in [7, 11) is 0. The van der Waals surface area contributed by atoms with Crippen molar-refractivity contribution in [1.29, 1.82) is 0 Å². The van der Waals surface area contributed by atoms with E-state index < -0.39 is 62.2 Å². The van der Waals surface area contributed by atoms with Gasteiger partial charge in [-0.15, -0.1) is 0 Å². The molecule has 0 aliphatic heterocycles. The fourth-order valence-electron chi connectivity index (χ4n) is 1.31. The Balaban J connectivity index is -0.000000372. The summed E-state index contributed by atoms with van der Waals surface area (Å²) in [6.45, 7) is 1.83. The lowest BCUT2D eigenvalue weighted by Gasteiger charge is -2.19. The summed E-state index contributed by atoms with van der Waals surface area (Å²) in [5.41, 5.74) is 0. The lowest BCUT2D eigenvalue weighted by atomic mass is 10.0. The van der Waals surface area contributed by atoms with Crippen LogP contribution >= 0.6 is 0 Å². The van der Waals surface area contributed by atoms with Crippen molar-refractivity contribution in [3.63, 3.8) is 0 Å². The highest BCUT2D eigenvalue weighted by Crippen LogP contribution is 2.37. The Morgan fingerprint density at radius 3 is 1.24 bits per heavy atom. The topological polar surface area (TPSA) is 0 Å². The van der Waals surface area contributed by atoms with Crippen molar-refractivity contribution < 1.29 is 52.7 Å². The van der Waals surface area contributed by atoms with Gasteiger partial charge in [0.1, 0.15) is 0 Å². The molecular weight excluding hydrogens is 384 g/mol. The highest BCUT2D eigenvalue weighted by Gasteiger charge is 2.45. The zero-order chi connectivity index (χ0) is 20.0. The first kappa shape index (κ1) is 28.9. The molecule has 0 nitrogen and oxygen atoms in total. The molecule has 0 N–H and O–H groups in total. The van der Waals surface area contributed by atoms with Gasteiger partial charge in [-0.05, 0) is 12.8 Å². The number of alkyl halides is 12. The van der Waals surface area contributed by atoms with Gasteiger partial charge in [0.25, 0.3) is 0 Å². The van der Waals surface area contributed by atoms with E-state index in [-0.39, 0.29) is 7.43 Å². The minimum absolute atomic E-state index is 0. The van der Waals surface area contributed by atoms with Crippen LogP contribution in [0.4, 0.5) is 52.7 Å². The molecule has 0 aliphatic carbocycles. The average molecular weight is 404 g/mol. The van der Waals surface area contributed by atoms with Gasteiger partial charge in [-0.1, -0.05) is 21.3 Å². The highest BCUT2D eigenvalue weighted by atomic mass is 19.4. The second-order valence-electron chi connectivity index (χ2n) is 5.06. The molecule has 156 valence electrons. The Labute approximate surface area is 137 Å². The molecular formula is C13H20F12. The van der Waals surface area contributed by atoms with Crippen LogP contribution in [0, 0.1) is 11.8 Å². The smallest absolute Gasteiger partial charge is 0.171 e. The lowest BCUT2D eigenvalue weighted by molar-refractivity contribution is -0.219. The van der Waals surface area contributed by atoms with Crippen LogP contribution in [-0.2, 0) is 0 Å². The standard InChI is InChI=1S/2C6H8F6.CH4/c1-4(6(10,11)12)2-3-5(7,8)9;1-2-4(6(10,11)12)3-5(7,8)9;/h2*4H,2-3H2,1H3;1H4. The van der Waals surface area contributed by atoms with E-state index in [1.807, 2.05) is 0 Å². The van der Waals surface area contributed by atoms with E-state index in [9.17, 15) is 52.7 Å². The van der Waals surface area contributed by atoms with Crippen LogP contribution in [0.5, 0.6) is 0 Å². The summed E-state index contributed by atoms with van der Waals surface area (Å²) in [5, 5.41) is 0. The van der Waals surface area contributed by atoms with E-state index in [0.29, 0.717) is 0 Å². The van der Waals surface area contributed by atoms with E-state index in [1.54, 1.807) is 0 Å². The molecule has 0 saturated carbocycles. The molecule has 0 rings (SSSR count). The van der Waals surface area contributed by atoms with Gasteiger partial charge in [0.2, 0.25) is 0 Å². The molecule has 12 heteroatoms. The lowest BCUT2D eigenvalue weighted by Crippen LogP contribution is -2.27. The molecule has 2 unspecified atom stereocenters. The largest absolute Gasteiger partial charge is 0.392 e. The van der Waals surface area contributed by atoms with Crippen molar-refractivity contribution in [3.05, 3.63) is 0 Å². The molecule has 0 heterocycles. The third-order valence-corrected chi connectivity index (χ3v) is 2.85. The molecule has 0 radical (unpaired) electrons. The van der Waals surface area contributed by atoms with Crippen LogP contribution in [0.25, 0.3) is 0 Å². The van der Waals surface area contributed by atoms with Gasteiger partial charge in [-0.3, -0.25) is 0 Å². The molecule has 0 aromatic rings. The summed E-state index contributed by atoms with van der Waals surface area (Å²) < 4.78 is 139. The molecule has 0 bridgehead atoms. The van der Waals surface area contributed by atoms with Gasteiger partial charge in [0.15, 0.2) is 0 Å². The van der Waals surface area contributed by atoms with Crippen LogP contribution in [0.1, 0.15) is 47.0 Å². The minimum atomic E-state index is -4.75. The quantitative estimate of drug-likeness (QED) is 0.422. The van der Waals surface area contributed by atoms with E-state index in [2.05, 4.69) is 0 Å². The molecule has 0 amide bonds. The summed E-state index contributed by atoms with van der Waals surface area (Å²) in [6, 6.07) is 0. The van der Waals surface area contributed by atoms with Crippen molar-refractivity contribution in [2.75, 3.05) is 0 Å². The molecule has 0 aliphatic rings. The highest BCUT2D eigenvalue weighted by molar-refractivity contribution is 4.69. The monoisotopic (exact) mass is 404 g/mol. The summed E-state index contributed by atoms with van der Waals surface area (Å²) in [5.74, 6) is -4.16. The van der Waals surface area contributed by atoms with Gasteiger partial charge in [-0.25, -0.2) is 0 Å². The molecule has 0 aromatic carbocycles. The first-order valence-electron chi connectivity index (χ1n) is 6.56. The molecule has 0 saturated heterocycles. The van der Waals surface area contributed by atoms with Crippen LogP contribution < -0.4 is 0 Å². The second kappa shape index (κ2) is 10.3. The van der Waals surface area contributed by atoms with Crippen molar-refractivity contribution >= 4 is 0 Å². The van der Waals surface area contributed by atoms with Crippen LogP contribution in [0.3, 0.4) is 0 Å². The van der Waals surface area contributed by atoms with E-state index in [1.165, 1.54) is 0 Å². The number of hydrogen-bond donors (Lipinski definition) is 0. The van der Waals surface area contributed by atoms with Crippen LogP contribution in [0.15, 0.2) is 0 Å². The molecule has 0 fully saturated rings. The Kier molecular flexibility index (Phi) is 12.0. The molecule has 0 spiro atoms. The first-order valence-corrected chi connectivity index (χ1v) is 6.56. The maximum atomic E-state index is 11.8. The Hall–Kier alpha value is -0.840. The minimum Gasteiger partial charge on any atom is -0.171 e. The van der Waals surface area contributed by atoms with Gasteiger partial charge >= 0.3 is 24.7 Å². The second-order valence-corrected chi connectivity index (χ2v) is 5.06. The predicted molar refractivity (Wildman–Crippen MR) is 67.7 cm³/mol. The van der Waals surface area contributed by atoms with Crippen molar-refractivity contribution in [2.45, 2.75) is 71.7 Å². The Morgan fingerprint density at radius 2 is 1.08 bits per heavy atom. The molecule has 25 heavy (non-hydrogen) atoms. The zero-order valence-electron chi connectivity index (χ0n) is 12.5. The van der Waals surface area contributed by atoms with E-state index in [4.69, 9.17) is 0 Å². The predicted octanol–water partition coefficient (Wildman–Crippen LogP) is 7.69. The summed E-state index contributed by atoms with van der Waals surface area (Å²) in [4.78, 5) is 0. The van der Waals surface area contributed by atoms with E-state index in [0.717, 1.165) is 13.8 Å². The Morgan fingerprint density at radius 1 is 0.680 bits per heavy atom. The van der Waals surface area contributed by atoms with Gasteiger partial charge in [0.05, 0.1) is 18.3 Å². The maximum Gasteiger partial charge on any atom is 0.392 e. The summed E-state index contributed by atoms with van der Waals surface area (Å²) in [6.07, 6.45) is -23.1. The van der Waals surface area contributed by atoms with Crippen LogP contribution in [0.2, 0.25) is 0 Å². The fraction of sp³-hybridized carbons (Fsp3) is 1.00. The van der Waals surface area contributed by atoms with Gasteiger partial charge < -0.3 is 0 Å². The third kappa shape index (κ3) is 17.8. The van der Waals surface area contributed by atoms with Gasteiger partial charge in [0, 0.05) is 6.42 Å². The average Bonchev–Trinajstić information content (AvgIpc) is 2.29. The number of halogens is 12. The normalized spacial score (nSPS) is 15.6. The fourth-order valence-corrected chi connectivity index (χ4v) is 1.31. The van der Waals surface area contributed by atoms with Crippen LogP contribution in [-0.4, -0.2) is 24.7 Å². The first-order chi connectivity index (χ1) is 10.3. The zero-order valence-corrected chi connectivity index (χ0v) is 12.5. The maximum absolute atomic E-state index is 11.8. The number of hydrogen-bond acceptors (Lipinski definition) is 0. The Bertz CT molecular complexity index is 333. The third-order valence-electron chi connectivity index (χ3n) is 2.85. The van der Waals surface area contributed by atoms with Crippen molar-refractivity contribution in [1.82, 2.24) is 0 Å². The van der Waals surface area contributed by atoms with Gasteiger partial charge in [-0.2, -0.15) is 52.7 Å². The molecule has 0 aromatic heterocycles. The van der Waals surface area contributed by atoms with Crippen molar-refractivity contribution in [2.24, 2.45) is 11.8 Å². The van der Waals surface area contributed by atoms with Crippen molar-refractivity contribution in [3.8, 4) is 0 Å². The summed E-state index contributed by atoms with van der Waals surface area (Å²) >= 11 is 0. The SMILES string of the molecule is C.CC(CCC(F)(F)F)C(F)(F)F.CCC(CC(F)(F)F)C(F)(F)F.